The highest BCUT2D eigenvalue weighted by Gasteiger charge is 2.33. The fraction of sp³-hybridized carbons (Fsp3) is 0.500. The molecule has 1 aliphatic carbocycles. The van der Waals surface area contributed by atoms with E-state index in [0.29, 0.717) is 12.4 Å². The Morgan fingerprint density at radius 3 is 2.65 bits per heavy atom. The van der Waals surface area contributed by atoms with E-state index in [9.17, 15) is 18.0 Å². The first kappa shape index (κ1) is 26.2. The van der Waals surface area contributed by atoms with Crippen molar-refractivity contribution in [3.8, 4) is 0 Å². The standard InChI is InChI=1S/C26H29ClF3N5OS/c1-34(15-22(36)31-16-9-10-19(27)18(13-16)26(28,29)30)24-23-17-7-3-4-8-20(17)37-25(23)33-21(32-24)14-35-11-5-2-6-12-35/h9-10,13H,2-8,11-12,14-15H2,1H3,(H,31,36). The summed E-state index contributed by atoms with van der Waals surface area (Å²) >= 11 is 7.43. The number of rotatable bonds is 6. The van der Waals surface area contributed by atoms with Gasteiger partial charge in [0.15, 0.2) is 0 Å². The highest BCUT2D eigenvalue weighted by atomic mass is 35.5. The number of carbonyl (C=O) groups excluding carboxylic acids is 1. The van der Waals surface area contributed by atoms with E-state index in [-0.39, 0.29) is 12.2 Å². The average molecular weight is 552 g/mol. The lowest BCUT2D eigenvalue weighted by Gasteiger charge is -2.26. The van der Waals surface area contributed by atoms with Crippen LogP contribution in [0.4, 0.5) is 24.7 Å². The van der Waals surface area contributed by atoms with Crippen LogP contribution in [0.2, 0.25) is 5.02 Å². The van der Waals surface area contributed by atoms with E-state index in [4.69, 9.17) is 21.6 Å². The van der Waals surface area contributed by atoms with Crippen molar-refractivity contribution in [1.29, 1.82) is 0 Å². The van der Waals surface area contributed by atoms with Crippen LogP contribution in [0.3, 0.4) is 0 Å². The van der Waals surface area contributed by atoms with E-state index in [1.165, 1.54) is 35.8 Å². The molecule has 3 aromatic rings. The number of amides is 1. The van der Waals surface area contributed by atoms with E-state index in [0.717, 1.165) is 66.9 Å². The molecule has 1 amide bonds. The molecule has 1 N–H and O–H groups in total. The lowest BCUT2D eigenvalue weighted by atomic mass is 9.97. The maximum Gasteiger partial charge on any atom is 0.417 e. The molecule has 0 saturated carbocycles. The summed E-state index contributed by atoms with van der Waals surface area (Å²) in [5.41, 5.74) is 0.331. The van der Waals surface area contributed by atoms with Crippen molar-refractivity contribution in [2.45, 2.75) is 57.7 Å². The maximum absolute atomic E-state index is 13.2. The predicted octanol–water partition coefficient (Wildman–Crippen LogP) is 6.30. The van der Waals surface area contributed by atoms with Crippen molar-refractivity contribution in [1.82, 2.24) is 14.9 Å². The van der Waals surface area contributed by atoms with Crippen LogP contribution in [-0.4, -0.2) is 47.5 Å². The minimum atomic E-state index is -4.61. The van der Waals surface area contributed by atoms with Gasteiger partial charge >= 0.3 is 6.18 Å². The topological polar surface area (TPSA) is 61.4 Å². The Balaban J connectivity index is 1.41. The van der Waals surface area contributed by atoms with Crippen LogP contribution >= 0.6 is 22.9 Å². The van der Waals surface area contributed by atoms with Crippen LogP contribution < -0.4 is 10.2 Å². The van der Waals surface area contributed by atoms with E-state index in [1.807, 2.05) is 0 Å². The molecule has 2 aliphatic rings. The van der Waals surface area contributed by atoms with Crippen LogP contribution in [0, 0.1) is 0 Å². The van der Waals surface area contributed by atoms with Crippen molar-refractivity contribution >= 4 is 50.6 Å². The summed E-state index contributed by atoms with van der Waals surface area (Å²) in [4.78, 5) is 29.2. The minimum absolute atomic E-state index is 0.0432. The zero-order valence-electron chi connectivity index (χ0n) is 20.6. The molecule has 1 saturated heterocycles. The van der Waals surface area contributed by atoms with Gasteiger partial charge in [-0.2, -0.15) is 13.2 Å². The Labute approximate surface area is 222 Å². The Morgan fingerprint density at radius 1 is 1.14 bits per heavy atom. The lowest BCUT2D eigenvalue weighted by Crippen LogP contribution is -2.32. The number of benzene rings is 1. The summed E-state index contributed by atoms with van der Waals surface area (Å²) in [5, 5.41) is 3.17. The summed E-state index contributed by atoms with van der Waals surface area (Å²) in [6.45, 7) is 2.65. The second-order valence-electron chi connectivity index (χ2n) is 9.79. The zero-order valence-corrected chi connectivity index (χ0v) is 22.2. The molecule has 0 atom stereocenters. The second-order valence-corrected chi connectivity index (χ2v) is 11.3. The summed E-state index contributed by atoms with van der Waals surface area (Å²) in [5.74, 6) is 1.01. The van der Waals surface area contributed by atoms with E-state index >= 15 is 0 Å². The van der Waals surface area contributed by atoms with Gasteiger partial charge in [-0.25, -0.2) is 9.97 Å². The van der Waals surface area contributed by atoms with Crippen LogP contribution in [-0.2, 0) is 30.4 Å². The number of alkyl halides is 3. The molecule has 6 nitrogen and oxygen atoms in total. The second kappa shape index (κ2) is 10.7. The minimum Gasteiger partial charge on any atom is -0.350 e. The third-order valence-corrected chi connectivity index (χ3v) is 8.47. The molecule has 1 aliphatic heterocycles. The normalized spacial score (nSPS) is 16.6. The SMILES string of the molecule is CN(CC(=O)Nc1ccc(Cl)c(C(F)(F)F)c1)c1nc(CN2CCCCC2)nc2sc3c(c12)CCCC3. The lowest BCUT2D eigenvalue weighted by molar-refractivity contribution is -0.137. The molecule has 37 heavy (non-hydrogen) atoms. The quantitative estimate of drug-likeness (QED) is 0.389. The van der Waals surface area contributed by atoms with Crippen LogP contribution in [0.15, 0.2) is 18.2 Å². The molecule has 2 aromatic heterocycles. The number of fused-ring (bicyclic) bond motifs is 3. The molecule has 3 heterocycles. The number of hydrogen-bond acceptors (Lipinski definition) is 6. The van der Waals surface area contributed by atoms with Gasteiger partial charge in [0, 0.05) is 17.6 Å². The summed E-state index contributed by atoms with van der Waals surface area (Å²) in [6, 6.07) is 3.36. The van der Waals surface area contributed by atoms with Crippen molar-refractivity contribution in [2.24, 2.45) is 0 Å². The summed E-state index contributed by atoms with van der Waals surface area (Å²) in [6.07, 6.45) is 3.23. The van der Waals surface area contributed by atoms with Gasteiger partial charge < -0.3 is 10.2 Å². The number of aryl methyl sites for hydroxylation is 2. The van der Waals surface area contributed by atoms with Crippen molar-refractivity contribution < 1.29 is 18.0 Å². The van der Waals surface area contributed by atoms with Gasteiger partial charge in [-0.1, -0.05) is 18.0 Å². The molecule has 5 rings (SSSR count). The fourth-order valence-electron chi connectivity index (χ4n) is 5.16. The van der Waals surface area contributed by atoms with E-state index < -0.39 is 22.7 Å². The van der Waals surface area contributed by atoms with Gasteiger partial charge in [-0.3, -0.25) is 9.69 Å². The van der Waals surface area contributed by atoms with E-state index in [1.54, 1.807) is 23.3 Å². The smallest absolute Gasteiger partial charge is 0.350 e. The van der Waals surface area contributed by atoms with Crippen molar-refractivity contribution in [3.05, 3.63) is 45.1 Å². The Morgan fingerprint density at radius 2 is 1.89 bits per heavy atom. The number of aromatic nitrogens is 2. The van der Waals surface area contributed by atoms with Gasteiger partial charge in [0.2, 0.25) is 5.91 Å². The molecule has 0 unspecified atom stereocenters. The number of carbonyl (C=O) groups is 1. The van der Waals surface area contributed by atoms with E-state index in [2.05, 4.69) is 10.2 Å². The summed E-state index contributed by atoms with van der Waals surface area (Å²) < 4.78 is 39.7. The first-order valence-electron chi connectivity index (χ1n) is 12.6. The Bertz CT molecular complexity index is 1310. The monoisotopic (exact) mass is 551 g/mol. The van der Waals surface area contributed by atoms with Crippen molar-refractivity contribution in [2.75, 3.05) is 36.9 Å². The van der Waals surface area contributed by atoms with Crippen LogP contribution in [0.5, 0.6) is 0 Å². The highest BCUT2D eigenvalue weighted by Crippen LogP contribution is 2.40. The molecular weight excluding hydrogens is 523 g/mol. The highest BCUT2D eigenvalue weighted by molar-refractivity contribution is 7.19. The van der Waals surface area contributed by atoms with Crippen LogP contribution in [0.1, 0.15) is 53.9 Å². The molecule has 1 fully saturated rings. The Kier molecular flexibility index (Phi) is 7.60. The number of anilines is 2. The number of halogens is 4. The Hall–Kier alpha value is -2.43. The molecule has 0 bridgehead atoms. The largest absolute Gasteiger partial charge is 0.417 e. The molecule has 1 aromatic carbocycles. The van der Waals surface area contributed by atoms with Gasteiger partial charge in [-0.05, 0) is 75.4 Å². The zero-order chi connectivity index (χ0) is 26.2. The third-order valence-electron chi connectivity index (χ3n) is 6.95. The van der Waals surface area contributed by atoms with Gasteiger partial charge in [0.25, 0.3) is 0 Å². The molecular formula is C26H29ClF3N5OS. The number of likely N-dealkylation sites (N-methyl/N-ethyl adjacent to an activating group) is 1. The summed E-state index contributed by atoms with van der Waals surface area (Å²) in [7, 11) is 1.79. The number of nitrogens with one attached hydrogen (secondary N) is 1. The van der Waals surface area contributed by atoms with Crippen LogP contribution in [0.25, 0.3) is 10.2 Å². The first-order chi connectivity index (χ1) is 17.7. The number of nitrogens with zero attached hydrogens (tertiary/aromatic N) is 4. The molecule has 0 spiro atoms. The van der Waals surface area contributed by atoms with Gasteiger partial charge in [0.1, 0.15) is 16.5 Å². The maximum atomic E-state index is 13.2. The number of piperidine rings is 1. The van der Waals surface area contributed by atoms with Crippen molar-refractivity contribution in [3.63, 3.8) is 0 Å². The predicted molar refractivity (Wildman–Crippen MR) is 142 cm³/mol. The first-order valence-corrected chi connectivity index (χ1v) is 13.8. The average Bonchev–Trinajstić information content (AvgIpc) is 3.23. The third kappa shape index (κ3) is 5.86. The molecule has 11 heteroatoms. The number of likely N-dealkylation sites (tertiary alicyclic amines) is 1. The fourth-order valence-corrected chi connectivity index (χ4v) is 6.66. The van der Waals surface area contributed by atoms with Gasteiger partial charge in [0.05, 0.1) is 29.1 Å². The molecule has 0 radical (unpaired) electrons. The number of thiophene rings is 1. The van der Waals surface area contributed by atoms with Gasteiger partial charge in [-0.15, -0.1) is 11.3 Å². The number of hydrogen-bond donors (Lipinski definition) is 1. The molecule has 198 valence electrons.